The van der Waals surface area contributed by atoms with Crippen LogP contribution >= 0.6 is 0 Å². The van der Waals surface area contributed by atoms with Crippen LogP contribution in [0.3, 0.4) is 0 Å². The summed E-state index contributed by atoms with van der Waals surface area (Å²) in [6.45, 7) is 6.89. The fraction of sp³-hybridized carbons (Fsp3) is 0.500. The maximum atomic E-state index is 13.2. The van der Waals surface area contributed by atoms with Gasteiger partial charge in [-0.2, -0.15) is 0 Å². The molecule has 6 N–H and O–H groups in total. The number of carbonyl (C=O) groups is 4. The van der Waals surface area contributed by atoms with Crippen LogP contribution in [0.25, 0.3) is 0 Å². The normalized spacial score (nSPS) is 29.8. The Kier molecular flexibility index (Phi) is 11.4. The fourth-order valence-corrected chi connectivity index (χ4v) is 4.61. The van der Waals surface area contributed by atoms with Gasteiger partial charge in [0, 0.05) is 37.4 Å². The minimum atomic E-state index is -1.00. The lowest BCUT2D eigenvalue weighted by Crippen LogP contribution is -2.37. The molecule has 11 nitrogen and oxygen atoms in total. The first-order valence-electron chi connectivity index (χ1n) is 12.6. The molecule has 2 amide bonds. The van der Waals surface area contributed by atoms with E-state index in [2.05, 4.69) is 5.32 Å². The third-order valence-electron chi connectivity index (χ3n) is 6.84. The minimum absolute atomic E-state index is 0.104. The van der Waals surface area contributed by atoms with Gasteiger partial charge in [-0.15, -0.1) is 0 Å². The van der Waals surface area contributed by atoms with E-state index in [1.165, 1.54) is 33.3 Å². The number of aliphatic hydroxyl groups is 1. The van der Waals surface area contributed by atoms with Crippen LogP contribution in [0.2, 0.25) is 0 Å². The highest BCUT2D eigenvalue weighted by Gasteiger charge is 2.32. The molecule has 1 aliphatic heterocycles. The second kappa shape index (κ2) is 14.0. The number of hydrogen-bond donors (Lipinski definition) is 4. The summed E-state index contributed by atoms with van der Waals surface area (Å²) in [4.78, 5) is 50.1. The summed E-state index contributed by atoms with van der Waals surface area (Å²) in [5.74, 6) is -2.37. The van der Waals surface area contributed by atoms with Crippen LogP contribution in [0.5, 0.6) is 0 Å². The highest BCUT2D eigenvalue weighted by atomic mass is 16.6. The Morgan fingerprint density at radius 3 is 2.38 bits per heavy atom. The van der Waals surface area contributed by atoms with Gasteiger partial charge in [0.25, 0.3) is 5.91 Å². The van der Waals surface area contributed by atoms with E-state index in [1.54, 1.807) is 26.0 Å². The second-order valence-electron chi connectivity index (χ2n) is 9.97. The van der Waals surface area contributed by atoms with E-state index in [0.29, 0.717) is 12.0 Å². The topological polar surface area (TPSA) is 180 Å². The predicted molar refractivity (Wildman–Crippen MR) is 144 cm³/mol. The fourth-order valence-electron chi connectivity index (χ4n) is 4.61. The molecule has 0 aromatic heterocycles. The zero-order chi connectivity index (χ0) is 29.4. The standard InChI is InChI=1S/C28H39N3O8/c1-14-10-18-23(29)20(32)13-19(25(18)34)31-27(35)15(2)8-7-9-21(37-5)26(39-28(30)36)17(4)12-16(3)24(33)22(11-14)38-6/h7-9,12-14,16,21-22,24,26,33H,10-11,29H2,1-6H3,(H2,30,36)(H,31,35)/t14-,16-,21-,22-,24+,26-/m1/s1. The monoisotopic (exact) mass is 545 g/mol. The van der Waals surface area contributed by atoms with Gasteiger partial charge in [-0.25, -0.2) is 4.79 Å². The van der Waals surface area contributed by atoms with Crippen LogP contribution < -0.4 is 16.8 Å². The van der Waals surface area contributed by atoms with Crippen LogP contribution in [0, 0.1) is 11.8 Å². The number of nitrogens with two attached hydrogens (primary N) is 2. The van der Waals surface area contributed by atoms with Gasteiger partial charge in [0.2, 0.25) is 11.6 Å². The average molecular weight is 546 g/mol. The SMILES string of the molecule is CO[C@@H]1C=CC=C(C)C(=O)NC2=CC(=O)C(N)=C(C[C@@H](C)C[C@@H](OC)[C@@H](O)[C@H](C)C=C(C)[C@H]1OC(N)=O)C2=O. The summed E-state index contributed by atoms with van der Waals surface area (Å²) in [6.07, 6.45) is 3.55. The van der Waals surface area contributed by atoms with E-state index in [4.69, 9.17) is 25.7 Å². The predicted octanol–water partition coefficient (Wildman–Crippen LogP) is 1.72. The highest BCUT2D eigenvalue weighted by molar-refractivity contribution is 6.23. The first kappa shape index (κ1) is 31.7. The number of nitrogens with one attached hydrogen (secondary N) is 1. The largest absolute Gasteiger partial charge is 0.439 e. The number of ether oxygens (including phenoxy) is 3. The Morgan fingerprint density at radius 2 is 1.79 bits per heavy atom. The molecule has 6 atom stereocenters. The van der Waals surface area contributed by atoms with Crippen LogP contribution in [0.1, 0.15) is 40.5 Å². The molecule has 0 aromatic rings. The van der Waals surface area contributed by atoms with Crippen molar-refractivity contribution in [1.29, 1.82) is 0 Å². The van der Waals surface area contributed by atoms with Crippen molar-refractivity contribution in [3.05, 3.63) is 58.5 Å². The molecule has 2 aliphatic rings. The number of hydrogen-bond acceptors (Lipinski definition) is 9. The molecule has 0 spiro atoms. The zero-order valence-electron chi connectivity index (χ0n) is 23.2. The number of carbonyl (C=O) groups excluding carboxylic acids is 4. The molecule has 2 bridgehead atoms. The Bertz CT molecular complexity index is 1130. The number of allylic oxidation sites excluding steroid dienone is 4. The lowest BCUT2D eigenvalue weighted by atomic mass is 9.85. The molecule has 1 heterocycles. The van der Waals surface area contributed by atoms with E-state index in [1.807, 2.05) is 6.92 Å². The van der Waals surface area contributed by atoms with E-state index >= 15 is 0 Å². The summed E-state index contributed by atoms with van der Waals surface area (Å²) >= 11 is 0. The zero-order valence-corrected chi connectivity index (χ0v) is 23.2. The van der Waals surface area contributed by atoms with E-state index in [0.717, 1.165) is 6.08 Å². The van der Waals surface area contributed by atoms with E-state index in [-0.39, 0.29) is 34.9 Å². The molecule has 11 heteroatoms. The molecule has 1 aliphatic carbocycles. The van der Waals surface area contributed by atoms with Gasteiger partial charge in [0.1, 0.15) is 6.10 Å². The Morgan fingerprint density at radius 1 is 1.13 bits per heavy atom. The molecular formula is C28H39N3O8. The first-order chi connectivity index (χ1) is 18.3. The Labute approximate surface area is 228 Å². The van der Waals surface area contributed by atoms with Crippen LogP contribution in [-0.2, 0) is 28.6 Å². The van der Waals surface area contributed by atoms with Crippen molar-refractivity contribution < 1.29 is 38.5 Å². The van der Waals surface area contributed by atoms with E-state index in [9.17, 15) is 24.3 Å². The van der Waals surface area contributed by atoms with Gasteiger partial charge >= 0.3 is 6.09 Å². The van der Waals surface area contributed by atoms with Crippen molar-refractivity contribution in [3.8, 4) is 0 Å². The molecule has 0 aromatic carbocycles. The van der Waals surface area contributed by atoms with Crippen molar-refractivity contribution in [1.82, 2.24) is 5.32 Å². The first-order valence-corrected chi connectivity index (χ1v) is 12.6. The maximum absolute atomic E-state index is 13.2. The van der Waals surface area contributed by atoms with Gasteiger partial charge in [-0.3, -0.25) is 14.4 Å². The maximum Gasteiger partial charge on any atom is 0.405 e. The smallest absolute Gasteiger partial charge is 0.405 e. The molecule has 214 valence electrons. The number of fused-ring (bicyclic) bond motifs is 2. The quantitative estimate of drug-likeness (QED) is 0.303. The number of methoxy groups -OCH3 is 2. The minimum Gasteiger partial charge on any atom is -0.439 e. The number of primary amides is 1. The molecular weight excluding hydrogens is 506 g/mol. The molecule has 39 heavy (non-hydrogen) atoms. The summed E-state index contributed by atoms with van der Waals surface area (Å²) in [5, 5.41) is 13.6. The summed E-state index contributed by atoms with van der Waals surface area (Å²) in [7, 11) is 2.90. The third kappa shape index (κ3) is 8.22. The Hall–Kier alpha value is -3.54. The molecule has 0 saturated carbocycles. The number of aliphatic hydroxyl groups excluding tert-OH is 1. The van der Waals surface area contributed by atoms with Gasteiger partial charge < -0.3 is 36.1 Å². The van der Waals surface area contributed by atoms with Gasteiger partial charge in [-0.05, 0) is 38.2 Å². The Balaban J connectivity index is 2.58. The van der Waals surface area contributed by atoms with E-state index < -0.39 is 53.9 Å². The van der Waals surface area contributed by atoms with Gasteiger partial charge in [-0.1, -0.05) is 38.2 Å². The highest BCUT2D eigenvalue weighted by Crippen LogP contribution is 2.28. The lowest BCUT2D eigenvalue weighted by molar-refractivity contribution is -0.120. The summed E-state index contributed by atoms with van der Waals surface area (Å²) in [5.41, 5.74) is 11.9. The number of ketones is 2. The van der Waals surface area contributed by atoms with Crippen molar-refractivity contribution in [2.45, 2.75) is 65.0 Å². The third-order valence-corrected chi connectivity index (χ3v) is 6.84. The molecule has 0 saturated heterocycles. The van der Waals surface area contributed by atoms with Crippen molar-refractivity contribution in [3.63, 3.8) is 0 Å². The van der Waals surface area contributed by atoms with Gasteiger partial charge in [0.15, 0.2) is 6.10 Å². The number of rotatable bonds is 3. The second-order valence-corrected chi connectivity index (χ2v) is 9.97. The van der Waals surface area contributed by atoms with Crippen LogP contribution in [0.4, 0.5) is 4.79 Å². The number of Topliss-reactive ketones (excluding diaryl/α,β-unsaturated/α-hetero) is 1. The van der Waals surface area contributed by atoms with Crippen LogP contribution in [0.15, 0.2) is 58.5 Å². The van der Waals surface area contributed by atoms with Crippen molar-refractivity contribution >= 4 is 23.6 Å². The average Bonchev–Trinajstić information content (AvgIpc) is 2.88. The van der Waals surface area contributed by atoms with Gasteiger partial charge in [0.05, 0.1) is 23.6 Å². The van der Waals surface area contributed by atoms with Crippen molar-refractivity contribution in [2.75, 3.05) is 14.2 Å². The molecule has 0 radical (unpaired) electrons. The summed E-state index contributed by atoms with van der Waals surface area (Å²) in [6, 6.07) is 0. The number of amides is 2. The molecule has 0 fully saturated rings. The molecule has 2 rings (SSSR count). The molecule has 0 unspecified atom stereocenters. The van der Waals surface area contributed by atoms with Crippen molar-refractivity contribution in [2.24, 2.45) is 23.3 Å². The summed E-state index contributed by atoms with van der Waals surface area (Å²) < 4.78 is 16.4. The lowest BCUT2D eigenvalue weighted by Gasteiger charge is -2.29. The van der Waals surface area contributed by atoms with Crippen LogP contribution in [-0.4, -0.2) is 67.3 Å².